The fourth-order valence-corrected chi connectivity index (χ4v) is 4.58. The fourth-order valence-electron chi connectivity index (χ4n) is 4.58. The molecule has 4 rings (SSSR count). The standard InChI is InChI=1S/C24H26N2O3/c1-14-8-10-21(16(3)11-14)25-22(27)17-5-4-6-18(13-17)26-23(28)19-9-7-15(2)12-20(19)24(26)29/h4-6,8,10-11,13,15,19-20H,7,9,12H2,1-3H3,(H,25,27)/t15-,19-,20-/m0/s1. The Bertz CT molecular complexity index is 997. The second-order valence-corrected chi connectivity index (χ2v) is 8.47. The normalized spacial score (nSPS) is 23.8. The van der Waals surface area contributed by atoms with E-state index in [-0.39, 0.29) is 29.6 Å². The predicted octanol–water partition coefficient (Wildman–Crippen LogP) is 4.48. The Balaban J connectivity index is 1.58. The number of amides is 3. The molecule has 1 N–H and O–H groups in total. The van der Waals surface area contributed by atoms with Gasteiger partial charge in [-0.2, -0.15) is 0 Å². The van der Waals surface area contributed by atoms with Gasteiger partial charge in [0.05, 0.1) is 17.5 Å². The molecule has 3 atom stereocenters. The smallest absolute Gasteiger partial charge is 0.255 e. The molecule has 1 saturated carbocycles. The minimum absolute atomic E-state index is 0.126. The number of carbonyl (C=O) groups is 3. The number of benzene rings is 2. The molecule has 1 aliphatic heterocycles. The van der Waals surface area contributed by atoms with Crippen LogP contribution in [0.1, 0.15) is 47.7 Å². The molecule has 0 radical (unpaired) electrons. The first-order valence-corrected chi connectivity index (χ1v) is 10.2. The topological polar surface area (TPSA) is 66.5 Å². The van der Waals surface area contributed by atoms with E-state index in [1.807, 2.05) is 32.0 Å². The van der Waals surface area contributed by atoms with Crippen molar-refractivity contribution in [2.24, 2.45) is 17.8 Å². The van der Waals surface area contributed by atoms with Crippen molar-refractivity contribution in [2.45, 2.75) is 40.0 Å². The zero-order valence-corrected chi connectivity index (χ0v) is 17.1. The van der Waals surface area contributed by atoms with E-state index in [2.05, 4.69) is 12.2 Å². The van der Waals surface area contributed by atoms with E-state index in [0.29, 0.717) is 17.2 Å². The number of fused-ring (bicyclic) bond motifs is 1. The van der Waals surface area contributed by atoms with Crippen LogP contribution >= 0.6 is 0 Å². The maximum Gasteiger partial charge on any atom is 0.255 e. The minimum atomic E-state index is -0.260. The van der Waals surface area contributed by atoms with Crippen molar-refractivity contribution >= 4 is 29.1 Å². The maximum atomic E-state index is 12.9. The maximum absolute atomic E-state index is 12.9. The molecule has 2 aliphatic rings. The molecule has 29 heavy (non-hydrogen) atoms. The molecule has 2 fully saturated rings. The molecule has 0 aromatic heterocycles. The third kappa shape index (κ3) is 3.57. The molecular formula is C24H26N2O3. The number of nitrogens with one attached hydrogen (secondary N) is 1. The number of nitrogens with zero attached hydrogens (tertiary/aromatic N) is 1. The summed E-state index contributed by atoms with van der Waals surface area (Å²) in [5.74, 6) is -0.491. The Hall–Kier alpha value is -2.95. The first-order chi connectivity index (χ1) is 13.8. The molecule has 5 heteroatoms. The Morgan fingerprint density at radius 2 is 1.76 bits per heavy atom. The Labute approximate surface area is 171 Å². The molecule has 150 valence electrons. The number of aryl methyl sites for hydroxylation is 2. The Kier molecular flexibility index (Phi) is 4.99. The monoisotopic (exact) mass is 390 g/mol. The van der Waals surface area contributed by atoms with Crippen molar-refractivity contribution < 1.29 is 14.4 Å². The molecule has 0 unspecified atom stereocenters. The van der Waals surface area contributed by atoms with Gasteiger partial charge in [0.2, 0.25) is 11.8 Å². The SMILES string of the molecule is Cc1ccc(NC(=O)c2cccc(N3C(=O)[C@H]4CC[C@H](C)C[C@@H]4C3=O)c2)c(C)c1. The van der Waals surface area contributed by atoms with E-state index < -0.39 is 0 Å². The lowest BCUT2D eigenvalue weighted by Crippen LogP contribution is -2.31. The van der Waals surface area contributed by atoms with Gasteiger partial charge in [-0.3, -0.25) is 19.3 Å². The molecule has 0 bridgehead atoms. The highest BCUT2D eigenvalue weighted by molar-refractivity contribution is 6.22. The van der Waals surface area contributed by atoms with E-state index in [4.69, 9.17) is 0 Å². The van der Waals surface area contributed by atoms with Crippen molar-refractivity contribution in [2.75, 3.05) is 10.2 Å². The number of hydrogen-bond donors (Lipinski definition) is 1. The van der Waals surface area contributed by atoms with Gasteiger partial charge >= 0.3 is 0 Å². The molecule has 0 spiro atoms. The van der Waals surface area contributed by atoms with Crippen LogP contribution in [0.15, 0.2) is 42.5 Å². The van der Waals surface area contributed by atoms with E-state index in [1.165, 1.54) is 4.90 Å². The van der Waals surface area contributed by atoms with Gasteiger partial charge in [-0.05, 0) is 68.9 Å². The summed E-state index contributed by atoms with van der Waals surface area (Å²) in [6, 6.07) is 12.6. The van der Waals surface area contributed by atoms with Crippen LogP contribution < -0.4 is 10.2 Å². The van der Waals surface area contributed by atoms with Crippen molar-refractivity contribution in [3.05, 3.63) is 59.2 Å². The highest BCUT2D eigenvalue weighted by Gasteiger charge is 2.50. The van der Waals surface area contributed by atoms with Crippen molar-refractivity contribution in [1.29, 1.82) is 0 Å². The quantitative estimate of drug-likeness (QED) is 0.786. The van der Waals surface area contributed by atoms with Gasteiger partial charge in [-0.15, -0.1) is 0 Å². The van der Waals surface area contributed by atoms with E-state index >= 15 is 0 Å². The summed E-state index contributed by atoms with van der Waals surface area (Å²) < 4.78 is 0. The van der Waals surface area contributed by atoms with Crippen LogP contribution in [0.2, 0.25) is 0 Å². The molecule has 3 amide bonds. The van der Waals surface area contributed by atoms with Gasteiger partial charge < -0.3 is 5.32 Å². The summed E-state index contributed by atoms with van der Waals surface area (Å²) in [6.07, 6.45) is 2.50. The number of carbonyl (C=O) groups excluding carboxylic acids is 3. The summed E-state index contributed by atoms with van der Waals surface area (Å²) in [7, 11) is 0. The average Bonchev–Trinajstić information content (AvgIpc) is 2.94. The largest absolute Gasteiger partial charge is 0.322 e. The molecule has 2 aromatic rings. The van der Waals surface area contributed by atoms with Crippen molar-refractivity contribution in [3.63, 3.8) is 0 Å². The zero-order valence-electron chi connectivity index (χ0n) is 17.1. The Morgan fingerprint density at radius 1 is 1.00 bits per heavy atom. The van der Waals surface area contributed by atoms with Crippen LogP contribution in [0.4, 0.5) is 11.4 Å². The molecule has 5 nitrogen and oxygen atoms in total. The number of anilines is 2. The van der Waals surface area contributed by atoms with Crippen molar-refractivity contribution in [3.8, 4) is 0 Å². The minimum Gasteiger partial charge on any atom is -0.322 e. The van der Waals surface area contributed by atoms with Crippen LogP contribution in [0, 0.1) is 31.6 Å². The third-order valence-electron chi connectivity index (χ3n) is 6.18. The third-order valence-corrected chi connectivity index (χ3v) is 6.18. The molecule has 1 saturated heterocycles. The lowest BCUT2D eigenvalue weighted by Gasteiger charge is -2.25. The Morgan fingerprint density at radius 3 is 2.52 bits per heavy atom. The summed E-state index contributed by atoms with van der Waals surface area (Å²) in [6.45, 7) is 6.09. The predicted molar refractivity (Wildman–Crippen MR) is 113 cm³/mol. The lowest BCUT2D eigenvalue weighted by molar-refractivity contribution is -0.122. The van der Waals surface area contributed by atoms with E-state index in [0.717, 1.165) is 36.1 Å². The van der Waals surface area contributed by atoms with Gasteiger partial charge in [0.15, 0.2) is 0 Å². The number of imide groups is 1. The average molecular weight is 390 g/mol. The van der Waals surface area contributed by atoms with Crippen molar-refractivity contribution in [1.82, 2.24) is 0 Å². The fraction of sp³-hybridized carbons (Fsp3) is 0.375. The van der Waals surface area contributed by atoms with E-state index in [9.17, 15) is 14.4 Å². The van der Waals surface area contributed by atoms with Gasteiger partial charge in [-0.25, -0.2) is 0 Å². The first-order valence-electron chi connectivity index (χ1n) is 10.2. The van der Waals surface area contributed by atoms with Gasteiger partial charge in [-0.1, -0.05) is 30.7 Å². The lowest BCUT2D eigenvalue weighted by atomic mass is 9.76. The highest BCUT2D eigenvalue weighted by Crippen LogP contribution is 2.42. The van der Waals surface area contributed by atoms with Gasteiger partial charge in [0.25, 0.3) is 5.91 Å². The van der Waals surface area contributed by atoms with Crippen LogP contribution in [-0.2, 0) is 9.59 Å². The van der Waals surface area contributed by atoms with Crippen LogP contribution in [-0.4, -0.2) is 17.7 Å². The number of rotatable bonds is 3. The van der Waals surface area contributed by atoms with Crippen LogP contribution in [0.25, 0.3) is 0 Å². The summed E-state index contributed by atoms with van der Waals surface area (Å²) >= 11 is 0. The van der Waals surface area contributed by atoms with E-state index in [1.54, 1.807) is 24.3 Å². The second-order valence-electron chi connectivity index (χ2n) is 8.47. The molecule has 2 aromatic carbocycles. The summed E-state index contributed by atoms with van der Waals surface area (Å²) in [5.41, 5.74) is 3.77. The molecule has 1 aliphatic carbocycles. The summed E-state index contributed by atoms with van der Waals surface area (Å²) in [4.78, 5) is 39.9. The second kappa shape index (κ2) is 7.47. The molecule has 1 heterocycles. The summed E-state index contributed by atoms with van der Waals surface area (Å²) in [5, 5.41) is 2.92. The van der Waals surface area contributed by atoms with Crippen LogP contribution in [0.5, 0.6) is 0 Å². The first kappa shape index (κ1) is 19.4. The van der Waals surface area contributed by atoms with Gasteiger partial charge in [0.1, 0.15) is 0 Å². The zero-order chi connectivity index (χ0) is 20.7. The van der Waals surface area contributed by atoms with Crippen LogP contribution in [0.3, 0.4) is 0 Å². The molecular weight excluding hydrogens is 364 g/mol. The highest BCUT2D eigenvalue weighted by atomic mass is 16.2. The number of hydrogen-bond acceptors (Lipinski definition) is 3. The van der Waals surface area contributed by atoms with Gasteiger partial charge in [0, 0.05) is 11.3 Å².